The number of methoxy groups -OCH3 is 4. The standard InChI is InChI=1S/C29H30N4O7S/c1-16(34)30-22-12-6-17-14-25(38-3)27(39-4)28(40-5)26(17)20-11-13-23-24(15-21(20)22)32-29(31-23)33-41(35,36)19-9-7-18(37-2)8-10-19/h7-11,13-15,22H,6,12H2,1-5H3,(H,30,34)(H,31,32,33). The highest BCUT2D eigenvalue weighted by molar-refractivity contribution is 7.92. The van der Waals surface area contributed by atoms with Crippen LogP contribution in [0.2, 0.25) is 0 Å². The van der Waals surface area contributed by atoms with Gasteiger partial charge in [-0.2, -0.15) is 0 Å². The van der Waals surface area contributed by atoms with Gasteiger partial charge in [-0.1, -0.05) is 6.07 Å². The minimum Gasteiger partial charge on any atom is -0.497 e. The number of imidazole rings is 1. The molecule has 12 heteroatoms. The molecule has 1 atom stereocenters. The summed E-state index contributed by atoms with van der Waals surface area (Å²) >= 11 is 0. The molecule has 0 spiro atoms. The summed E-state index contributed by atoms with van der Waals surface area (Å²) in [6.45, 7) is 1.47. The molecule has 0 fully saturated rings. The zero-order valence-corrected chi connectivity index (χ0v) is 24.1. The lowest BCUT2D eigenvalue weighted by molar-refractivity contribution is -0.119. The fraction of sp³-hybridized carbons (Fsp3) is 0.276. The third-order valence-electron chi connectivity index (χ3n) is 6.96. The predicted molar refractivity (Wildman–Crippen MR) is 152 cm³/mol. The van der Waals surface area contributed by atoms with E-state index in [1.807, 2.05) is 18.2 Å². The second-order valence-electron chi connectivity index (χ2n) is 9.42. The Morgan fingerprint density at radius 2 is 1.59 bits per heavy atom. The van der Waals surface area contributed by atoms with Crippen LogP contribution < -0.4 is 29.0 Å². The molecule has 2 aromatic rings. The molecular weight excluding hydrogens is 548 g/mol. The summed E-state index contributed by atoms with van der Waals surface area (Å²) in [4.78, 5) is 21.2. The average Bonchev–Trinajstić information content (AvgIpc) is 3.16. The lowest BCUT2D eigenvalue weighted by Gasteiger charge is -2.19. The van der Waals surface area contributed by atoms with E-state index >= 15 is 0 Å². The molecule has 2 N–H and O–H groups in total. The maximum absolute atomic E-state index is 13.0. The van der Waals surface area contributed by atoms with Gasteiger partial charge in [0.15, 0.2) is 11.5 Å². The summed E-state index contributed by atoms with van der Waals surface area (Å²) in [5.41, 5.74) is 4.28. The van der Waals surface area contributed by atoms with Crippen molar-refractivity contribution in [3.63, 3.8) is 0 Å². The molecule has 5 rings (SSSR count). The van der Waals surface area contributed by atoms with Crippen molar-refractivity contribution in [2.45, 2.75) is 30.7 Å². The van der Waals surface area contributed by atoms with Crippen molar-refractivity contribution in [3.8, 4) is 45.5 Å². The Morgan fingerprint density at radius 3 is 2.22 bits per heavy atom. The van der Waals surface area contributed by atoms with Gasteiger partial charge in [-0.25, -0.2) is 23.1 Å². The molecule has 1 unspecified atom stereocenters. The maximum Gasteiger partial charge on any atom is 0.264 e. The number of rotatable bonds is 8. The number of hydrogen-bond acceptors (Lipinski definition) is 9. The van der Waals surface area contributed by atoms with Gasteiger partial charge >= 0.3 is 0 Å². The molecule has 41 heavy (non-hydrogen) atoms. The summed E-state index contributed by atoms with van der Waals surface area (Å²) in [5.74, 6) is 1.79. The van der Waals surface area contributed by atoms with Crippen LogP contribution in [-0.2, 0) is 21.2 Å². The summed E-state index contributed by atoms with van der Waals surface area (Å²) in [5, 5.41) is 3.05. The van der Waals surface area contributed by atoms with Crippen LogP contribution >= 0.6 is 0 Å². The molecule has 11 nitrogen and oxygen atoms in total. The van der Waals surface area contributed by atoms with Crippen LogP contribution in [0.1, 0.15) is 30.5 Å². The Hall–Kier alpha value is -4.58. The van der Waals surface area contributed by atoms with E-state index in [9.17, 15) is 13.2 Å². The normalized spacial score (nSPS) is 14.3. The van der Waals surface area contributed by atoms with Crippen molar-refractivity contribution < 1.29 is 32.2 Å². The van der Waals surface area contributed by atoms with Crippen molar-refractivity contribution in [1.29, 1.82) is 0 Å². The number of nitrogens with zero attached hydrogens (tertiary/aromatic N) is 2. The van der Waals surface area contributed by atoms with Crippen molar-refractivity contribution in [2.75, 3.05) is 33.2 Å². The Labute approximate surface area is 238 Å². The summed E-state index contributed by atoms with van der Waals surface area (Å²) in [6.07, 6.45) is 1.22. The highest BCUT2D eigenvalue weighted by Gasteiger charge is 2.30. The first-order chi connectivity index (χ1) is 19.7. The van der Waals surface area contributed by atoms with E-state index in [-0.39, 0.29) is 22.8 Å². The quantitative estimate of drug-likeness (QED) is 0.315. The van der Waals surface area contributed by atoms with Gasteiger partial charge in [0.25, 0.3) is 10.0 Å². The number of aryl methyl sites for hydroxylation is 1. The zero-order chi connectivity index (χ0) is 29.3. The fourth-order valence-corrected chi connectivity index (χ4v) is 6.07. The number of amides is 1. The first-order valence-electron chi connectivity index (χ1n) is 12.8. The molecule has 0 saturated heterocycles. The van der Waals surface area contributed by atoms with Crippen LogP contribution in [0.4, 0.5) is 5.95 Å². The van der Waals surface area contributed by atoms with E-state index in [4.69, 9.17) is 18.9 Å². The van der Waals surface area contributed by atoms with E-state index in [1.165, 1.54) is 26.2 Å². The number of carbonyl (C=O) groups excluding carboxylic acids is 1. The van der Waals surface area contributed by atoms with Gasteiger partial charge in [-0.05, 0) is 72.0 Å². The van der Waals surface area contributed by atoms with Crippen molar-refractivity contribution >= 4 is 21.9 Å². The molecular formula is C29H30N4O7S. The molecule has 0 bridgehead atoms. The Bertz CT molecular complexity index is 1690. The summed E-state index contributed by atoms with van der Waals surface area (Å²) in [6, 6.07) is 13.0. The molecule has 2 aliphatic carbocycles. The number of ether oxygens (including phenoxy) is 4. The minimum atomic E-state index is -3.95. The van der Waals surface area contributed by atoms with Crippen molar-refractivity contribution in [3.05, 3.63) is 59.7 Å². The second kappa shape index (κ2) is 11.1. The smallest absolute Gasteiger partial charge is 0.264 e. The van der Waals surface area contributed by atoms with E-state index < -0.39 is 10.0 Å². The number of nitrogens with one attached hydrogen (secondary N) is 2. The van der Waals surface area contributed by atoms with E-state index in [1.54, 1.807) is 39.5 Å². The molecule has 0 aromatic heterocycles. The largest absolute Gasteiger partial charge is 0.497 e. The topological polar surface area (TPSA) is 138 Å². The van der Waals surface area contributed by atoms with E-state index in [2.05, 4.69) is 20.0 Å². The van der Waals surface area contributed by atoms with Crippen LogP contribution in [-0.4, -0.2) is 52.7 Å². The number of hydrogen-bond donors (Lipinski definition) is 2. The van der Waals surface area contributed by atoms with Crippen LogP contribution in [0.3, 0.4) is 0 Å². The number of carbonyl (C=O) groups is 1. The molecule has 1 amide bonds. The van der Waals surface area contributed by atoms with E-state index in [0.29, 0.717) is 47.2 Å². The van der Waals surface area contributed by atoms with Gasteiger partial charge in [0, 0.05) is 12.5 Å². The lowest BCUT2D eigenvalue weighted by atomic mass is 9.95. The SMILES string of the molecule is COc1ccc(S(=O)(=O)Nc2nc3ccc4c(cc-3n2)C(NC(C)=O)CCc2cc(OC)c(OC)c(OC)c2-4)cc1. The van der Waals surface area contributed by atoms with E-state index in [0.717, 1.165) is 22.3 Å². The third kappa shape index (κ3) is 5.30. The summed E-state index contributed by atoms with van der Waals surface area (Å²) < 4.78 is 50.6. The zero-order valence-electron chi connectivity index (χ0n) is 23.3. The Kier molecular flexibility index (Phi) is 7.59. The highest BCUT2D eigenvalue weighted by atomic mass is 32.2. The van der Waals surface area contributed by atoms with Crippen LogP contribution in [0.5, 0.6) is 23.0 Å². The molecule has 214 valence electrons. The van der Waals surface area contributed by atoms with Crippen LogP contribution in [0.15, 0.2) is 53.4 Å². The fourth-order valence-electron chi connectivity index (χ4n) is 5.13. The summed E-state index contributed by atoms with van der Waals surface area (Å²) in [7, 11) is 2.24. The maximum atomic E-state index is 13.0. The second-order valence-corrected chi connectivity index (χ2v) is 11.1. The first kappa shape index (κ1) is 28.0. The molecule has 1 aliphatic heterocycles. The van der Waals surface area contributed by atoms with Crippen molar-refractivity contribution in [2.24, 2.45) is 0 Å². The lowest BCUT2D eigenvalue weighted by Crippen LogP contribution is -2.26. The van der Waals surface area contributed by atoms with Gasteiger partial charge in [-0.3, -0.25) is 4.79 Å². The predicted octanol–water partition coefficient (Wildman–Crippen LogP) is 4.21. The first-order valence-corrected chi connectivity index (χ1v) is 14.2. The molecule has 2 aromatic carbocycles. The minimum absolute atomic E-state index is 0.0466. The van der Waals surface area contributed by atoms with Gasteiger partial charge in [0.2, 0.25) is 17.6 Å². The average molecular weight is 579 g/mol. The van der Waals surface area contributed by atoms with Gasteiger partial charge < -0.3 is 24.3 Å². The van der Waals surface area contributed by atoms with Crippen LogP contribution in [0.25, 0.3) is 22.5 Å². The number of sulfonamides is 1. The van der Waals surface area contributed by atoms with Crippen LogP contribution in [0, 0.1) is 0 Å². The van der Waals surface area contributed by atoms with Gasteiger partial charge in [0.05, 0.1) is 50.8 Å². The molecule has 0 radical (unpaired) electrons. The highest BCUT2D eigenvalue weighted by Crippen LogP contribution is 2.50. The molecule has 3 aliphatic rings. The number of benzene rings is 2. The third-order valence-corrected chi connectivity index (χ3v) is 8.30. The van der Waals surface area contributed by atoms with Gasteiger partial charge in [-0.15, -0.1) is 0 Å². The monoisotopic (exact) mass is 578 g/mol. The number of anilines is 1. The van der Waals surface area contributed by atoms with Gasteiger partial charge in [0.1, 0.15) is 5.75 Å². The Balaban J connectivity index is 1.65. The molecule has 1 heterocycles. The molecule has 0 saturated carbocycles. The number of aromatic nitrogens is 2. The number of fused-ring (bicyclic) bond motifs is 4. The Morgan fingerprint density at radius 1 is 0.878 bits per heavy atom. The van der Waals surface area contributed by atoms with Crippen molar-refractivity contribution in [1.82, 2.24) is 15.3 Å².